The van der Waals surface area contributed by atoms with Gasteiger partial charge in [-0.3, -0.25) is 20.2 Å². The Morgan fingerprint density at radius 3 is 2.30 bits per heavy atom. The van der Waals surface area contributed by atoms with Crippen molar-refractivity contribution in [2.75, 3.05) is 24.7 Å². The number of rotatable bonds is 7. The Balaban J connectivity index is 2.79. The molecule has 0 saturated heterocycles. The van der Waals surface area contributed by atoms with Gasteiger partial charge in [0.25, 0.3) is 11.4 Å². The summed E-state index contributed by atoms with van der Waals surface area (Å²) in [4.78, 5) is 19.9. The quantitative estimate of drug-likeness (QED) is 0.423. The molecule has 110 valence electrons. The molecule has 0 spiro atoms. The Hall–Kier alpha value is -2.27. The molecule has 20 heavy (non-hydrogen) atoms. The van der Waals surface area contributed by atoms with Gasteiger partial charge in [0.2, 0.25) is 10.0 Å². The molecule has 0 radical (unpaired) electrons. The van der Waals surface area contributed by atoms with Crippen LogP contribution in [-0.4, -0.2) is 37.6 Å². The molecule has 0 atom stereocenters. The summed E-state index contributed by atoms with van der Waals surface area (Å²) in [6, 6.07) is 3.17. The molecule has 0 aromatic heterocycles. The number of sulfonamides is 1. The first kappa shape index (κ1) is 15.8. The zero-order valence-electron chi connectivity index (χ0n) is 10.4. The molecular weight excluding hydrogens is 292 g/mol. The van der Waals surface area contributed by atoms with Crippen molar-refractivity contribution in [3.05, 3.63) is 38.4 Å². The molecule has 11 heteroatoms. The van der Waals surface area contributed by atoms with Gasteiger partial charge in [0.05, 0.1) is 22.2 Å². The maximum atomic E-state index is 10.8. The monoisotopic (exact) mass is 304 g/mol. The molecule has 0 bridgehead atoms. The van der Waals surface area contributed by atoms with Crippen molar-refractivity contribution in [2.45, 2.75) is 0 Å². The number of non-ortho nitro benzene ring substituents is 1. The Morgan fingerprint density at radius 2 is 1.80 bits per heavy atom. The van der Waals surface area contributed by atoms with Gasteiger partial charge in [-0.15, -0.1) is 0 Å². The summed E-state index contributed by atoms with van der Waals surface area (Å²) in [5, 5.41) is 24.0. The van der Waals surface area contributed by atoms with E-state index in [9.17, 15) is 28.6 Å². The van der Waals surface area contributed by atoms with Crippen molar-refractivity contribution in [2.24, 2.45) is 0 Å². The molecule has 10 nitrogen and oxygen atoms in total. The molecule has 0 saturated carbocycles. The maximum Gasteiger partial charge on any atom is 0.299 e. The summed E-state index contributed by atoms with van der Waals surface area (Å²) in [7, 11) is -3.34. The largest absolute Gasteiger partial charge is 0.378 e. The van der Waals surface area contributed by atoms with Gasteiger partial charge < -0.3 is 5.32 Å². The van der Waals surface area contributed by atoms with E-state index >= 15 is 0 Å². The molecule has 0 aliphatic rings. The second-order valence-electron chi connectivity index (χ2n) is 3.81. The van der Waals surface area contributed by atoms with E-state index in [1.807, 2.05) is 0 Å². The number of nitrogens with zero attached hydrogens (tertiary/aromatic N) is 2. The van der Waals surface area contributed by atoms with Crippen LogP contribution in [0.15, 0.2) is 18.2 Å². The van der Waals surface area contributed by atoms with Crippen LogP contribution in [0.2, 0.25) is 0 Å². The molecule has 0 aliphatic carbocycles. The van der Waals surface area contributed by atoms with Crippen LogP contribution < -0.4 is 10.0 Å². The number of nitro benzene ring substituents is 2. The molecule has 0 aliphatic heterocycles. The summed E-state index contributed by atoms with van der Waals surface area (Å²) in [5.41, 5.74) is -0.758. The van der Waals surface area contributed by atoms with Crippen LogP contribution in [0.5, 0.6) is 0 Å². The second-order valence-corrected chi connectivity index (χ2v) is 5.64. The van der Waals surface area contributed by atoms with Gasteiger partial charge >= 0.3 is 0 Å². The highest BCUT2D eigenvalue weighted by molar-refractivity contribution is 7.88. The fourth-order valence-electron chi connectivity index (χ4n) is 1.37. The van der Waals surface area contributed by atoms with Crippen LogP contribution in [0.1, 0.15) is 0 Å². The summed E-state index contributed by atoms with van der Waals surface area (Å²) in [6.07, 6.45) is 0.987. The van der Waals surface area contributed by atoms with Crippen molar-refractivity contribution in [3.63, 3.8) is 0 Å². The predicted octanol–water partition coefficient (Wildman–Crippen LogP) is 0.464. The smallest absolute Gasteiger partial charge is 0.299 e. The molecule has 0 fully saturated rings. The van der Waals surface area contributed by atoms with Gasteiger partial charge in [0.15, 0.2) is 0 Å². The number of benzene rings is 1. The van der Waals surface area contributed by atoms with Crippen LogP contribution in [0.3, 0.4) is 0 Å². The van der Waals surface area contributed by atoms with E-state index < -0.39 is 31.2 Å². The summed E-state index contributed by atoms with van der Waals surface area (Å²) in [6.45, 7) is 0.138. The minimum absolute atomic E-state index is 0.0347. The lowest BCUT2D eigenvalue weighted by Gasteiger charge is -2.07. The number of nitro groups is 2. The number of hydrogen-bond acceptors (Lipinski definition) is 7. The Morgan fingerprint density at radius 1 is 1.15 bits per heavy atom. The van der Waals surface area contributed by atoms with Crippen molar-refractivity contribution in [1.82, 2.24) is 4.72 Å². The van der Waals surface area contributed by atoms with Crippen molar-refractivity contribution >= 4 is 27.1 Å². The molecule has 1 aromatic carbocycles. The molecular formula is C9H12N4O6S. The highest BCUT2D eigenvalue weighted by atomic mass is 32.2. The van der Waals surface area contributed by atoms with Crippen molar-refractivity contribution < 1.29 is 18.3 Å². The maximum absolute atomic E-state index is 10.8. The van der Waals surface area contributed by atoms with E-state index in [1.165, 1.54) is 6.07 Å². The van der Waals surface area contributed by atoms with E-state index in [-0.39, 0.29) is 18.8 Å². The lowest BCUT2D eigenvalue weighted by molar-refractivity contribution is -0.393. The molecule has 2 N–H and O–H groups in total. The fourth-order valence-corrected chi connectivity index (χ4v) is 1.84. The predicted molar refractivity (Wildman–Crippen MR) is 71.1 cm³/mol. The third-order valence-corrected chi connectivity index (χ3v) is 2.92. The first-order valence-corrected chi connectivity index (χ1v) is 7.21. The van der Waals surface area contributed by atoms with Crippen LogP contribution in [0.4, 0.5) is 17.1 Å². The van der Waals surface area contributed by atoms with Gasteiger partial charge in [0, 0.05) is 19.2 Å². The minimum Gasteiger partial charge on any atom is -0.378 e. The fraction of sp³-hybridized carbons (Fsp3) is 0.333. The van der Waals surface area contributed by atoms with E-state index in [4.69, 9.17) is 0 Å². The van der Waals surface area contributed by atoms with Gasteiger partial charge in [0.1, 0.15) is 5.69 Å². The highest BCUT2D eigenvalue weighted by Gasteiger charge is 2.19. The molecule has 0 unspecified atom stereocenters. The zero-order chi connectivity index (χ0) is 15.3. The standard InChI is InChI=1S/C9H12N4O6S/c1-20(18,19)11-5-4-10-8-3-2-7(12(14)15)6-9(8)13(16)17/h2-3,6,10-11H,4-5H2,1H3. The van der Waals surface area contributed by atoms with Gasteiger partial charge in [-0.2, -0.15) is 0 Å². The van der Waals surface area contributed by atoms with Crippen LogP contribution in [-0.2, 0) is 10.0 Å². The van der Waals surface area contributed by atoms with E-state index in [0.717, 1.165) is 18.4 Å². The first-order valence-electron chi connectivity index (χ1n) is 5.32. The third-order valence-electron chi connectivity index (χ3n) is 2.19. The molecule has 0 heterocycles. The highest BCUT2D eigenvalue weighted by Crippen LogP contribution is 2.28. The van der Waals surface area contributed by atoms with Crippen molar-refractivity contribution in [1.29, 1.82) is 0 Å². The van der Waals surface area contributed by atoms with Crippen LogP contribution in [0.25, 0.3) is 0 Å². The average Bonchev–Trinajstić information content (AvgIpc) is 2.33. The van der Waals surface area contributed by atoms with Crippen molar-refractivity contribution in [3.8, 4) is 0 Å². The molecule has 1 rings (SSSR count). The number of anilines is 1. The van der Waals surface area contributed by atoms with E-state index in [0.29, 0.717) is 0 Å². The summed E-state index contributed by atoms with van der Waals surface area (Å²) < 4.78 is 23.8. The Labute approximate surface area is 114 Å². The normalized spacial score (nSPS) is 11.1. The number of hydrogen-bond donors (Lipinski definition) is 2. The second kappa shape index (κ2) is 6.25. The molecule has 0 amide bonds. The Bertz CT molecular complexity index is 629. The summed E-state index contributed by atoms with van der Waals surface area (Å²) >= 11 is 0. The molecule has 1 aromatic rings. The zero-order valence-corrected chi connectivity index (χ0v) is 11.2. The SMILES string of the molecule is CS(=O)(=O)NCCNc1ccc([N+](=O)[O-])cc1[N+](=O)[O-]. The Kier molecular flexibility index (Phi) is 4.94. The van der Waals surface area contributed by atoms with Gasteiger partial charge in [-0.1, -0.05) is 0 Å². The van der Waals surface area contributed by atoms with E-state index in [2.05, 4.69) is 10.0 Å². The van der Waals surface area contributed by atoms with E-state index in [1.54, 1.807) is 0 Å². The van der Waals surface area contributed by atoms with Crippen LogP contribution >= 0.6 is 0 Å². The number of nitrogens with one attached hydrogen (secondary N) is 2. The lowest BCUT2D eigenvalue weighted by atomic mass is 10.2. The van der Waals surface area contributed by atoms with Crippen LogP contribution in [0, 0.1) is 20.2 Å². The van der Waals surface area contributed by atoms with Gasteiger partial charge in [-0.25, -0.2) is 13.1 Å². The third kappa shape index (κ3) is 4.78. The van der Waals surface area contributed by atoms with Gasteiger partial charge in [-0.05, 0) is 6.07 Å². The summed E-state index contributed by atoms with van der Waals surface area (Å²) in [5.74, 6) is 0. The lowest BCUT2D eigenvalue weighted by Crippen LogP contribution is -2.27. The minimum atomic E-state index is -3.34. The first-order chi connectivity index (χ1) is 9.20. The average molecular weight is 304 g/mol. The topological polar surface area (TPSA) is 144 Å².